The molecule has 1 fully saturated rings. The van der Waals surface area contributed by atoms with E-state index >= 15 is 0 Å². The first kappa shape index (κ1) is 13.6. The van der Waals surface area contributed by atoms with Crippen LogP contribution >= 0.6 is 11.3 Å². The molecule has 0 aliphatic heterocycles. The van der Waals surface area contributed by atoms with Crippen molar-refractivity contribution in [3.05, 3.63) is 22.4 Å². The van der Waals surface area contributed by atoms with Crippen molar-refractivity contribution in [1.82, 2.24) is 4.90 Å². The minimum atomic E-state index is -0.214. The van der Waals surface area contributed by atoms with Crippen molar-refractivity contribution in [1.29, 1.82) is 0 Å². The van der Waals surface area contributed by atoms with E-state index in [0.29, 0.717) is 6.42 Å². The van der Waals surface area contributed by atoms with Gasteiger partial charge in [-0.25, -0.2) is 0 Å². The van der Waals surface area contributed by atoms with E-state index in [1.54, 1.807) is 11.3 Å². The molecular formula is C14H22N2OS. The van der Waals surface area contributed by atoms with Crippen LogP contribution in [0, 0.1) is 0 Å². The summed E-state index contributed by atoms with van der Waals surface area (Å²) in [5.41, 5.74) is 5.92. The van der Waals surface area contributed by atoms with E-state index in [2.05, 4.69) is 24.4 Å². The average Bonchev–Trinajstić information content (AvgIpc) is 2.78. The van der Waals surface area contributed by atoms with Crippen LogP contribution in [-0.4, -0.2) is 29.4 Å². The van der Waals surface area contributed by atoms with Gasteiger partial charge in [0.2, 0.25) is 5.91 Å². The van der Waals surface area contributed by atoms with E-state index in [1.807, 2.05) is 11.9 Å². The lowest BCUT2D eigenvalue weighted by molar-refractivity contribution is -0.133. The Bertz CT molecular complexity index is 398. The van der Waals surface area contributed by atoms with Gasteiger partial charge in [0.1, 0.15) is 0 Å². The molecule has 1 aliphatic rings. The lowest BCUT2D eigenvalue weighted by Crippen LogP contribution is -2.51. The van der Waals surface area contributed by atoms with Gasteiger partial charge in [0.15, 0.2) is 0 Å². The minimum Gasteiger partial charge on any atom is -0.343 e. The van der Waals surface area contributed by atoms with Crippen molar-refractivity contribution >= 4 is 17.2 Å². The molecule has 4 heteroatoms. The summed E-state index contributed by atoms with van der Waals surface area (Å²) in [5, 5.41) is 2.08. The van der Waals surface area contributed by atoms with Gasteiger partial charge in [-0.05, 0) is 37.6 Å². The molecule has 1 aromatic rings. The first-order valence-electron chi connectivity index (χ1n) is 6.57. The minimum absolute atomic E-state index is 0.182. The van der Waals surface area contributed by atoms with E-state index in [9.17, 15) is 4.79 Å². The Balaban J connectivity index is 1.85. The summed E-state index contributed by atoms with van der Waals surface area (Å²) in [7, 11) is 1.89. The van der Waals surface area contributed by atoms with Gasteiger partial charge in [-0.15, -0.1) is 11.3 Å². The molecule has 3 nitrogen and oxygen atoms in total. The van der Waals surface area contributed by atoms with E-state index in [0.717, 1.165) is 25.7 Å². The van der Waals surface area contributed by atoms with Crippen molar-refractivity contribution in [3.8, 4) is 0 Å². The zero-order chi connectivity index (χ0) is 13.2. The number of likely N-dealkylation sites (N-methyl/N-ethyl adjacent to an activating group) is 1. The average molecular weight is 266 g/mol. The maximum atomic E-state index is 12.2. The Morgan fingerprint density at radius 3 is 2.83 bits per heavy atom. The molecule has 1 amide bonds. The Morgan fingerprint density at radius 2 is 2.33 bits per heavy atom. The molecule has 1 aromatic heterocycles. The molecule has 1 heterocycles. The first-order chi connectivity index (χ1) is 8.50. The van der Waals surface area contributed by atoms with E-state index in [-0.39, 0.29) is 17.5 Å². The molecule has 0 unspecified atom stereocenters. The Labute approximate surface area is 113 Å². The number of nitrogens with two attached hydrogens (primary N) is 1. The summed E-state index contributed by atoms with van der Waals surface area (Å²) in [5.74, 6) is 0.182. The van der Waals surface area contributed by atoms with Gasteiger partial charge in [-0.3, -0.25) is 4.79 Å². The number of rotatable bonds is 5. The van der Waals surface area contributed by atoms with E-state index in [4.69, 9.17) is 5.73 Å². The predicted molar refractivity (Wildman–Crippen MR) is 75.6 cm³/mol. The van der Waals surface area contributed by atoms with Crippen molar-refractivity contribution in [2.75, 3.05) is 7.05 Å². The van der Waals surface area contributed by atoms with Crippen molar-refractivity contribution in [3.63, 3.8) is 0 Å². The number of carbonyl (C=O) groups excluding carboxylic acids is 1. The molecule has 1 saturated carbocycles. The van der Waals surface area contributed by atoms with Gasteiger partial charge in [0, 0.05) is 36.3 Å². The number of amides is 1. The smallest absolute Gasteiger partial charge is 0.224 e. The number of thiophene rings is 1. The summed E-state index contributed by atoms with van der Waals surface area (Å²) in [6.45, 7) is 2.10. The second-order valence-corrected chi connectivity index (χ2v) is 6.56. The highest BCUT2D eigenvalue weighted by atomic mass is 32.1. The molecule has 0 aromatic carbocycles. The summed E-state index contributed by atoms with van der Waals surface area (Å²) in [4.78, 5) is 15.4. The zero-order valence-electron chi connectivity index (χ0n) is 11.2. The summed E-state index contributed by atoms with van der Waals surface area (Å²) < 4.78 is 0. The highest BCUT2D eigenvalue weighted by Gasteiger charge is 2.36. The van der Waals surface area contributed by atoms with E-state index < -0.39 is 0 Å². The molecule has 18 heavy (non-hydrogen) atoms. The molecule has 1 atom stereocenters. The molecular weight excluding hydrogens is 244 g/mol. The maximum Gasteiger partial charge on any atom is 0.224 e. The largest absolute Gasteiger partial charge is 0.343 e. The van der Waals surface area contributed by atoms with Crippen LogP contribution in [0.4, 0.5) is 0 Å². The number of nitrogens with zero attached hydrogens (tertiary/aromatic N) is 1. The van der Waals surface area contributed by atoms with Crippen LogP contribution in [0.3, 0.4) is 0 Å². The molecule has 0 bridgehead atoms. The molecule has 1 aliphatic carbocycles. The fourth-order valence-electron chi connectivity index (χ4n) is 2.34. The third kappa shape index (κ3) is 3.12. The lowest BCUT2D eigenvalue weighted by Gasteiger charge is -2.39. The van der Waals surface area contributed by atoms with Gasteiger partial charge in [-0.2, -0.15) is 0 Å². The third-order valence-electron chi connectivity index (χ3n) is 3.98. The maximum absolute atomic E-state index is 12.2. The van der Waals surface area contributed by atoms with E-state index in [1.165, 1.54) is 4.88 Å². The van der Waals surface area contributed by atoms with Crippen LogP contribution in [0.5, 0.6) is 0 Å². The van der Waals surface area contributed by atoms with Crippen LogP contribution in [-0.2, 0) is 11.2 Å². The van der Waals surface area contributed by atoms with Crippen molar-refractivity contribution in [2.24, 2.45) is 5.73 Å². The summed E-state index contributed by atoms with van der Waals surface area (Å²) in [6, 6.07) is 4.41. The molecule has 100 valence electrons. The monoisotopic (exact) mass is 266 g/mol. The molecule has 2 N–H and O–H groups in total. The highest BCUT2D eigenvalue weighted by Crippen LogP contribution is 2.32. The Hall–Kier alpha value is -0.870. The van der Waals surface area contributed by atoms with Crippen LogP contribution in [0.15, 0.2) is 17.5 Å². The summed E-state index contributed by atoms with van der Waals surface area (Å²) in [6.07, 6.45) is 4.58. The van der Waals surface area contributed by atoms with Gasteiger partial charge < -0.3 is 10.6 Å². The first-order valence-corrected chi connectivity index (χ1v) is 7.45. The Kier molecular flexibility index (Phi) is 4.07. The normalized spacial score (nSPS) is 19.1. The van der Waals surface area contributed by atoms with Crippen molar-refractivity contribution < 1.29 is 4.79 Å². The second-order valence-electron chi connectivity index (χ2n) is 5.53. The molecule has 0 spiro atoms. The lowest BCUT2D eigenvalue weighted by atomic mass is 9.75. The Morgan fingerprint density at radius 1 is 1.61 bits per heavy atom. The van der Waals surface area contributed by atoms with Gasteiger partial charge in [0.05, 0.1) is 0 Å². The van der Waals surface area contributed by atoms with Crippen molar-refractivity contribution in [2.45, 2.75) is 50.6 Å². The summed E-state index contributed by atoms with van der Waals surface area (Å²) >= 11 is 1.75. The highest BCUT2D eigenvalue weighted by molar-refractivity contribution is 7.09. The number of hydrogen-bond donors (Lipinski definition) is 1. The fraction of sp³-hybridized carbons (Fsp3) is 0.643. The fourth-order valence-corrected chi connectivity index (χ4v) is 3.16. The van der Waals surface area contributed by atoms with Crippen LogP contribution < -0.4 is 5.73 Å². The standard InChI is InChI=1S/C14H22N2OS/c1-11(9-12-5-3-8-18-12)16(2)13(17)10-14(15)6-4-7-14/h3,5,8,11H,4,6-7,9-10,15H2,1-2H3/t11-/m0/s1. The zero-order valence-corrected chi connectivity index (χ0v) is 12.0. The predicted octanol–water partition coefficient (Wildman–Crippen LogP) is 2.41. The van der Waals surface area contributed by atoms with Crippen LogP contribution in [0.2, 0.25) is 0 Å². The third-order valence-corrected chi connectivity index (χ3v) is 4.88. The molecule has 0 saturated heterocycles. The van der Waals surface area contributed by atoms with Gasteiger partial charge in [0.25, 0.3) is 0 Å². The SMILES string of the molecule is C[C@@H](Cc1cccs1)N(C)C(=O)CC1(N)CCC1. The van der Waals surface area contributed by atoms with Gasteiger partial charge >= 0.3 is 0 Å². The van der Waals surface area contributed by atoms with Gasteiger partial charge in [-0.1, -0.05) is 6.07 Å². The molecule has 2 rings (SSSR count). The van der Waals surface area contributed by atoms with Crippen LogP contribution in [0.1, 0.15) is 37.5 Å². The quantitative estimate of drug-likeness (QED) is 0.889. The molecule has 0 radical (unpaired) electrons. The number of carbonyl (C=O) groups is 1. The van der Waals surface area contributed by atoms with Crippen LogP contribution in [0.25, 0.3) is 0 Å². The topological polar surface area (TPSA) is 46.3 Å². The second kappa shape index (κ2) is 5.41. The number of hydrogen-bond acceptors (Lipinski definition) is 3.